The lowest BCUT2D eigenvalue weighted by Gasteiger charge is -2.11. The molecule has 4 aromatic rings. The minimum Gasteiger partial charge on any atom is -0.448 e. The fourth-order valence-electron chi connectivity index (χ4n) is 3.61. The number of ether oxygens (including phenoxy) is 1. The highest BCUT2D eigenvalue weighted by atomic mass is 16.5. The van der Waals surface area contributed by atoms with Gasteiger partial charge in [0.1, 0.15) is 11.4 Å². The topological polar surface area (TPSA) is 49.1 Å². The van der Waals surface area contributed by atoms with Crippen molar-refractivity contribution >= 4 is 10.9 Å². The van der Waals surface area contributed by atoms with Crippen LogP contribution in [0.2, 0.25) is 0 Å². The van der Waals surface area contributed by atoms with E-state index in [1.54, 1.807) is 6.20 Å². The number of rotatable bonds is 1. The molecule has 0 aliphatic carbocycles. The maximum absolute atomic E-state index is 12.9. The van der Waals surface area contributed by atoms with Gasteiger partial charge in [-0.2, -0.15) is 5.10 Å². The zero-order chi connectivity index (χ0) is 17.8. The van der Waals surface area contributed by atoms with Crippen molar-refractivity contribution in [2.24, 2.45) is 0 Å². The van der Waals surface area contributed by atoms with Crippen LogP contribution in [0.25, 0.3) is 27.8 Å². The van der Waals surface area contributed by atoms with Crippen LogP contribution in [-0.4, -0.2) is 14.3 Å². The zero-order valence-electron chi connectivity index (χ0n) is 14.6. The second-order valence-electron chi connectivity index (χ2n) is 6.51. The van der Waals surface area contributed by atoms with E-state index < -0.39 is 0 Å². The minimum atomic E-state index is -0.221. The van der Waals surface area contributed by atoms with Crippen LogP contribution in [0.3, 0.4) is 0 Å². The van der Waals surface area contributed by atoms with Crippen LogP contribution < -0.4 is 10.3 Å². The highest BCUT2D eigenvalue weighted by Gasteiger charge is 2.25. The van der Waals surface area contributed by atoms with Gasteiger partial charge in [0.25, 0.3) is 0 Å². The summed E-state index contributed by atoms with van der Waals surface area (Å²) in [5.74, 6) is 0.990. The van der Waals surface area contributed by atoms with Crippen molar-refractivity contribution in [2.75, 3.05) is 0 Å². The predicted octanol–water partition coefficient (Wildman–Crippen LogP) is 4.29. The number of fused-ring (bicyclic) bond motifs is 7. The van der Waals surface area contributed by atoms with Gasteiger partial charge in [0.15, 0.2) is 0 Å². The van der Waals surface area contributed by atoms with Crippen molar-refractivity contribution in [3.8, 4) is 28.4 Å². The van der Waals surface area contributed by atoms with Crippen LogP contribution >= 0.6 is 0 Å². The van der Waals surface area contributed by atoms with E-state index in [2.05, 4.69) is 40.9 Å². The van der Waals surface area contributed by atoms with E-state index in [0.29, 0.717) is 23.7 Å². The first kappa shape index (κ1) is 15.0. The maximum Gasteiger partial charge on any atom is 0.311 e. The van der Waals surface area contributed by atoms with Crippen LogP contribution in [-0.2, 0) is 6.54 Å². The van der Waals surface area contributed by atoms with Crippen molar-refractivity contribution in [1.29, 1.82) is 0 Å². The zero-order valence-corrected chi connectivity index (χ0v) is 14.6. The number of para-hydroxylation sites is 1. The molecule has 3 heterocycles. The molecule has 1 aliphatic rings. The molecule has 0 fully saturated rings. The summed E-state index contributed by atoms with van der Waals surface area (Å²) in [4.78, 5) is 12.9. The molecule has 0 unspecified atom stereocenters. The molecular weight excluding hydrogens is 326 g/mol. The quantitative estimate of drug-likeness (QED) is 0.456. The van der Waals surface area contributed by atoms with Crippen molar-refractivity contribution < 1.29 is 4.74 Å². The summed E-state index contributed by atoms with van der Waals surface area (Å²) in [6.07, 6.45) is 1.72. The Bertz CT molecular complexity index is 1230. The van der Waals surface area contributed by atoms with E-state index in [4.69, 9.17) is 4.74 Å². The van der Waals surface area contributed by atoms with Crippen LogP contribution in [0.5, 0.6) is 11.5 Å². The Morgan fingerprint density at radius 1 is 1.12 bits per heavy atom. The Labute approximate surface area is 150 Å². The maximum atomic E-state index is 12.9. The third-order valence-electron chi connectivity index (χ3n) is 4.85. The van der Waals surface area contributed by atoms with E-state index in [1.807, 2.05) is 31.2 Å². The molecule has 0 bridgehead atoms. The second-order valence-corrected chi connectivity index (χ2v) is 6.51. The van der Waals surface area contributed by atoms with Gasteiger partial charge < -0.3 is 9.30 Å². The normalized spacial score (nSPS) is 12.1. The second kappa shape index (κ2) is 5.33. The number of benzene rings is 2. The Hall–Kier alpha value is -3.34. The number of hydrogen-bond donors (Lipinski definition) is 0. The number of aromatic nitrogens is 3. The van der Waals surface area contributed by atoms with E-state index in [9.17, 15) is 4.79 Å². The lowest BCUT2D eigenvalue weighted by Crippen LogP contribution is -2.24. The summed E-state index contributed by atoms with van der Waals surface area (Å²) >= 11 is 0. The fourth-order valence-corrected chi connectivity index (χ4v) is 3.61. The molecule has 0 saturated carbocycles. The van der Waals surface area contributed by atoms with Gasteiger partial charge in [-0.15, -0.1) is 0 Å². The highest BCUT2D eigenvalue weighted by molar-refractivity contribution is 5.92. The van der Waals surface area contributed by atoms with Gasteiger partial charge >= 0.3 is 5.56 Å². The first-order chi connectivity index (χ1) is 12.7. The molecule has 5 rings (SSSR count). The summed E-state index contributed by atoms with van der Waals surface area (Å²) in [7, 11) is 0. The SMILES string of the molecule is CCn1ncc2c(c1=O)Oc1ccccc1-c1cc3cc(C)ccc3n1-2. The van der Waals surface area contributed by atoms with Gasteiger partial charge in [0.2, 0.25) is 5.75 Å². The molecule has 0 spiro atoms. The smallest absolute Gasteiger partial charge is 0.311 e. The molecular formula is C21H17N3O2. The Morgan fingerprint density at radius 3 is 2.81 bits per heavy atom. The molecule has 0 saturated heterocycles. The molecule has 0 amide bonds. The van der Waals surface area contributed by atoms with Gasteiger partial charge in [0.05, 0.1) is 17.4 Å². The summed E-state index contributed by atoms with van der Waals surface area (Å²) < 4.78 is 9.59. The molecule has 2 aromatic carbocycles. The average Bonchev–Trinajstić information content (AvgIpc) is 2.95. The van der Waals surface area contributed by atoms with Gasteiger partial charge in [-0.05, 0) is 44.2 Å². The molecule has 1 aliphatic heterocycles. The highest BCUT2D eigenvalue weighted by Crippen LogP contribution is 2.42. The van der Waals surface area contributed by atoms with Crippen molar-refractivity contribution in [3.63, 3.8) is 0 Å². The Morgan fingerprint density at radius 2 is 1.96 bits per heavy atom. The summed E-state index contributed by atoms with van der Waals surface area (Å²) in [5, 5.41) is 5.45. The molecule has 5 nitrogen and oxygen atoms in total. The minimum absolute atomic E-state index is 0.221. The van der Waals surface area contributed by atoms with Crippen molar-refractivity contribution in [3.05, 3.63) is 70.6 Å². The molecule has 2 aromatic heterocycles. The molecule has 0 atom stereocenters. The van der Waals surface area contributed by atoms with E-state index >= 15 is 0 Å². The van der Waals surface area contributed by atoms with Crippen molar-refractivity contribution in [1.82, 2.24) is 14.3 Å². The summed E-state index contributed by atoms with van der Waals surface area (Å²) in [5.41, 5.74) is 4.63. The van der Waals surface area contributed by atoms with Crippen LogP contribution in [0, 0.1) is 6.92 Å². The first-order valence-electron chi connectivity index (χ1n) is 8.67. The summed E-state index contributed by atoms with van der Waals surface area (Å²) in [6, 6.07) is 16.3. The Kier molecular flexibility index (Phi) is 3.06. The fraction of sp³-hybridized carbons (Fsp3) is 0.143. The lowest BCUT2D eigenvalue weighted by molar-refractivity contribution is 0.459. The number of nitrogens with zero attached hydrogens (tertiary/aromatic N) is 3. The lowest BCUT2D eigenvalue weighted by atomic mass is 10.1. The molecule has 5 heteroatoms. The third kappa shape index (κ3) is 1.97. The van der Waals surface area contributed by atoms with Crippen LogP contribution in [0.1, 0.15) is 12.5 Å². The van der Waals surface area contributed by atoms with Gasteiger partial charge in [0, 0.05) is 17.5 Å². The van der Waals surface area contributed by atoms with Crippen LogP contribution in [0.4, 0.5) is 0 Å². The van der Waals surface area contributed by atoms with Gasteiger partial charge in [-0.3, -0.25) is 4.79 Å². The first-order valence-corrected chi connectivity index (χ1v) is 8.67. The van der Waals surface area contributed by atoms with E-state index in [0.717, 1.165) is 22.2 Å². The van der Waals surface area contributed by atoms with Gasteiger partial charge in [-0.25, -0.2) is 4.68 Å². The van der Waals surface area contributed by atoms with Crippen LogP contribution in [0.15, 0.2) is 59.5 Å². The monoisotopic (exact) mass is 343 g/mol. The van der Waals surface area contributed by atoms with E-state index in [1.165, 1.54) is 10.2 Å². The van der Waals surface area contributed by atoms with Crippen molar-refractivity contribution in [2.45, 2.75) is 20.4 Å². The number of hydrogen-bond acceptors (Lipinski definition) is 3. The predicted molar refractivity (Wildman–Crippen MR) is 101 cm³/mol. The number of aryl methyl sites for hydroxylation is 2. The summed E-state index contributed by atoms with van der Waals surface area (Å²) in [6.45, 7) is 4.47. The average molecular weight is 343 g/mol. The molecule has 0 radical (unpaired) electrons. The van der Waals surface area contributed by atoms with E-state index in [-0.39, 0.29) is 5.56 Å². The molecule has 0 N–H and O–H groups in total. The van der Waals surface area contributed by atoms with Gasteiger partial charge in [-0.1, -0.05) is 23.8 Å². The largest absolute Gasteiger partial charge is 0.448 e. The standard InChI is InChI=1S/C21H17N3O2/c1-3-23-21(25)20-18(12-22-23)24-16-9-8-13(2)10-14(16)11-17(24)15-6-4-5-7-19(15)26-20/h4-12H,3H2,1-2H3. The molecule has 128 valence electrons. The Balaban J connectivity index is 1.97. The third-order valence-corrected chi connectivity index (χ3v) is 4.85. The molecule has 26 heavy (non-hydrogen) atoms.